The van der Waals surface area contributed by atoms with E-state index in [1.54, 1.807) is 20.8 Å². The van der Waals surface area contributed by atoms with Crippen molar-refractivity contribution in [3.8, 4) is 0 Å². The third-order valence-corrected chi connectivity index (χ3v) is 1.97. The molecule has 0 saturated heterocycles. The number of esters is 1. The van der Waals surface area contributed by atoms with Gasteiger partial charge in [-0.25, -0.2) is 9.59 Å². The summed E-state index contributed by atoms with van der Waals surface area (Å²) < 4.78 is 6.33. The van der Waals surface area contributed by atoms with Crippen molar-refractivity contribution >= 4 is 11.9 Å². The van der Waals surface area contributed by atoms with Gasteiger partial charge in [0.05, 0.1) is 0 Å². The lowest BCUT2D eigenvalue weighted by Gasteiger charge is -2.18. The molecule has 6 heteroatoms. The Labute approximate surface area is 99.2 Å². The average molecular weight is 240 g/mol. The first-order valence-electron chi connectivity index (χ1n) is 5.22. The molecule has 0 radical (unpaired) electrons. The number of aromatic nitrogens is 2. The fraction of sp³-hybridized carbons (Fsp3) is 0.545. The van der Waals surface area contributed by atoms with Crippen molar-refractivity contribution in [2.75, 3.05) is 0 Å². The number of aliphatic carboxylic acids is 1. The minimum atomic E-state index is -1.01. The third-order valence-electron chi connectivity index (χ3n) is 1.97. The highest BCUT2D eigenvalue weighted by molar-refractivity contribution is 5.87. The molecular formula is C11H16N2O4. The second-order valence-corrected chi connectivity index (χ2v) is 4.70. The summed E-state index contributed by atoms with van der Waals surface area (Å²) in [5.74, 6) is -1.57. The highest BCUT2D eigenvalue weighted by atomic mass is 16.6. The quantitative estimate of drug-likeness (QED) is 0.809. The number of hydrogen-bond acceptors (Lipinski definition) is 4. The fourth-order valence-corrected chi connectivity index (χ4v) is 1.11. The first-order chi connectivity index (χ1) is 7.70. The van der Waals surface area contributed by atoms with Crippen molar-refractivity contribution in [2.24, 2.45) is 0 Å². The topological polar surface area (TPSA) is 81.4 Å². The molecule has 1 N–H and O–H groups in total. The Morgan fingerprint density at radius 2 is 2.06 bits per heavy atom. The van der Waals surface area contributed by atoms with Gasteiger partial charge in [-0.1, -0.05) is 0 Å². The molecule has 1 unspecified atom stereocenters. The molecule has 0 fully saturated rings. The van der Waals surface area contributed by atoms with E-state index >= 15 is 0 Å². The van der Waals surface area contributed by atoms with E-state index in [1.165, 1.54) is 23.9 Å². The van der Waals surface area contributed by atoms with E-state index in [9.17, 15) is 9.59 Å². The molecule has 0 aromatic carbocycles. The largest absolute Gasteiger partial charge is 0.480 e. The molecule has 0 bridgehead atoms. The van der Waals surface area contributed by atoms with Crippen LogP contribution in [0.2, 0.25) is 0 Å². The zero-order valence-corrected chi connectivity index (χ0v) is 10.3. The third kappa shape index (κ3) is 3.58. The minimum Gasteiger partial charge on any atom is -0.480 e. The molecule has 0 saturated carbocycles. The van der Waals surface area contributed by atoms with Crippen molar-refractivity contribution < 1.29 is 19.4 Å². The lowest BCUT2D eigenvalue weighted by molar-refractivity contribution is -0.140. The lowest BCUT2D eigenvalue weighted by Crippen LogP contribution is -2.24. The lowest BCUT2D eigenvalue weighted by atomic mass is 10.2. The van der Waals surface area contributed by atoms with Crippen LogP contribution in [0.4, 0.5) is 0 Å². The standard InChI is InChI=1S/C11H16N2O4/c1-7(9(14)15)13-6-5-8(12-13)10(16)17-11(2,3)4/h5-7H,1-4H3,(H,14,15). The van der Waals surface area contributed by atoms with E-state index in [0.29, 0.717) is 0 Å². The van der Waals surface area contributed by atoms with Crippen molar-refractivity contribution in [2.45, 2.75) is 39.3 Å². The molecule has 1 aromatic heterocycles. The van der Waals surface area contributed by atoms with Crippen LogP contribution < -0.4 is 0 Å². The van der Waals surface area contributed by atoms with E-state index in [2.05, 4.69) is 5.10 Å². The van der Waals surface area contributed by atoms with Gasteiger partial charge < -0.3 is 9.84 Å². The smallest absolute Gasteiger partial charge is 0.359 e. The van der Waals surface area contributed by atoms with Crippen molar-refractivity contribution in [3.63, 3.8) is 0 Å². The van der Waals surface area contributed by atoms with Gasteiger partial charge in [0.2, 0.25) is 0 Å². The summed E-state index contributed by atoms with van der Waals surface area (Å²) in [6.45, 7) is 6.74. The molecule has 94 valence electrons. The number of carbonyl (C=O) groups excluding carboxylic acids is 1. The second-order valence-electron chi connectivity index (χ2n) is 4.70. The van der Waals surface area contributed by atoms with Gasteiger partial charge in [0.15, 0.2) is 5.69 Å². The molecule has 1 rings (SSSR count). The SMILES string of the molecule is CC(C(=O)O)n1ccc(C(=O)OC(C)(C)C)n1. The molecule has 1 aromatic rings. The monoisotopic (exact) mass is 240 g/mol. The van der Waals surface area contributed by atoms with Gasteiger partial charge >= 0.3 is 11.9 Å². The highest BCUT2D eigenvalue weighted by Gasteiger charge is 2.21. The van der Waals surface area contributed by atoms with E-state index in [0.717, 1.165) is 0 Å². The van der Waals surface area contributed by atoms with Crippen LogP contribution in [0.3, 0.4) is 0 Å². The minimum absolute atomic E-state index is 0.105. The average Bonchev–Trinajstić information content (AvgIpc) is 2.62. The number of carboxylic acid groups (broad SMARTS) is 1. The van der Waals surface area contributed by atoms with Gasteiger partial charge in [-0.2, -0.15) is 5.10 Å². The van der Waals surface area contributed by atoms with Crippen LogP contribution >= 0.6 is 0 Å². The van der Waals surface area contributed by atoms with Gasteiger partial charge in [0.25, 0.3) is 0 Å². The number of nitrogens with zero attached hydrogens (tertiary/aromatic N) is 2. The summed E-state index contributed by atoms with van der Waals surface area (Å²) in [6, 6.07) is 0.624. The van der Waals surface area contributed by atoms with Gasteiger partial charge in [0, 0.05) is 6.20 Å². The molecule has 0 aliphatic carbocycles. The Hall–Kier alpha value is -1.85. The van der Waals surface area contributed by atoms with E-state index in [4.69, 9.17) is 9.84 Å². The second kappa shape index (κ2) is 4.57. The van der Waals surface area contributed by atoms with Crippen LogP contribution in [0.5, 0.6) is 0 Å². The van der Waals surface area contributed by atoms with Crippen molar-refractivity contribution in [1.29, 1.82) is 0 Å². The predicted molar refractivity (Wildman–Crippen MR) is 59.7 cm³/mol. The normalized spacial score (nSPS) is 13.2. The Balaban J connectivity index is 2.81. The number of ether oxygens (including phenoxy) is 1. The van der Waals surface area contributed by atoms with E-state index in [-0.39, 0.29) is 5.69 Å². The molecule has 1 atom stereocenters. The van der Waals surface area contributed by atoms with Gasteiger partial charge in [-0.15, -0.1) is 0 Å². The van der Waals surface area contributed by atoms with Crippen LogP contribution in [0, 0.1) is 0 Å². The number of carboxylic acids is 1. The van der Waals surface area contributed by atoms with Crippen LogP contribution in [0.15, 0.2) is 12.3 Å². The Bertz CT molecular complexity index is 431. The van der Waals surface area contributed by atoms with E-state index < -0.39 is 23.6 Å². The molecule has 0 aliphatic rings. The molecule has 1 heterocycles. The summed E-state index contributed by atoms with van der Waals surface area (Å²) >= 11 is 0. The van der Waals surface area contributed by atoms with Gasteiger partial charge in [-0.3, -0.25) is 4.68 Å². The van der Waals surface area contributed by atoms with Gasteiger partial charge in [-0.05, 0) is 33.8 Å². The molecule has 0 amide bonds. The summed E-state index contributed by atoms with van der Waals surface area (Å²) in [6.07, 6.45) is 1.44. The van der Waals surface area contributed by atoms with Crippen molar-refractivity contribution in [3.05, 3.63) is 18.0 Å². The van der Waals surface area contributed by atoms with E-state index in [1.807, 2.05) is 0 Å². The Morgan fingerprint density at radius 1 is 1.47 bits per heavy atom. The fourth-order valence-electron chi connectivity index (χ4n) is 1.11. The summed E-state index contributed by atoms with van der Waals surface area (Å²) in [4.78, 5) is 22.4. The number of rotatable bonds is 3. The molecule has 6 nitrogen and oxygen atoms in total. The Kier molecular flexibility index (Phi) is 3.55. The number of carbonyl (C=O) groups is 2. The van der Waals surface area contributed by atoms with Crippen LogP contribution in [-0.2, 0) is 9.53 Å². The summed E-state index contributed by atoms with van der Waals surface area (Å²) in [5, 5.41) is 12.7. The molecule has 0 aliphatic heterocycles. The molecule has 0 spiro atoms. The first kappa shape index (κ1) is 13.2. The van der Waals surface area contributed by atoms with Gasteiger partial charge in [0.1, 0.15) is 11.6 Å². The zero-order chi connectivity index (χ0) is 13.2. The predicted octanol–water partition coefficient (Wildman–Crippen LogP) is 1.48. The zero-order valence-electron chi connectivity index (χ0n) is 10.3. The summed E-state index contributed by atoms with van der Waals surface area (Å²) in [7, 11) is 0. The van der Waals surface area contributed by atoms with Crippen molar-refractivity contribution in [1.82, 2.24) is 9.78 Å². The maximum Gasteiger partial charge on any atom is 0.359 e. The highest BCUT2D eigenvalue weighted by Crippen LogP contribution is 2.12. The summed E-state index contributed by atoms with van der Waals surface area (Å²) in [5.41, 5.74) is -0.493. The van der Waals surface area contributed by atoms with Crippen LogP contribution in [0.25, 0.3) is 0 Å². The Morgan fingerprint density at radius 3 is 2.53 bits per heavy atom. The first-order valence-corrected chi connectivity index (χ1v) is 5.22. The number of hydrogen-bond donors (Lipinski definition) is 1. The maximum absolute atomic E-state index is 11.6. The van der Waals surface area contributed by atoms with Crippen LogP contribution in [-0.4, -0.2) is 32.4 Å². The maximum atomic E-state index is 11.6. The van der Waals surface area contributed by atoms with Crippen LogP contribution in [0.1, 0.15) is 44.2 Å². The molecular weight excluding hydrogens is 224 g/mol. The molecule has 17 heavy (non-hydrogen) atoms.